The Balaban J connectivity index is 1.29. The van der Waals surface area contributed by atoms with Gasteiger partial charge in [-0.1, -0.05) is 31.2 Å². The number of likely N-dealkylation sites (tertiary alicyclic amines) is 1. The Hall–Kier alpha value is -3.15. The number of rotatable bonds is 6. The predicted octanol–water partition coefficient (Wildman–Crippen LogP) is 3.81. The summed E-state index contributed by atoms with van der Waals surface area (Å²) in [5, 5.41) is 3.33. The van der Waals surface area contributed by atoms with Gasteiger partial charge in [0.15, 0.2) is 0 Å². The average Bonchev–Trinajstić information content (AvgIpc) is 3.27. The molecule has 1 aliphatic heterocycles. The van der Waals surface area contributed by atoms with Crippen molar-refractivity contribution in [3.63, 3.8) is 0 Å². The van der Waals surface area contributed by atoms with Gasteiger partial charge in [0.25, 0.3) is 5.91 Å². The molecule has 4 rings (SSSR count). The fraction of sp³-hybridized carbons (Fsp3) is 0.348. The van der Waals surface area contributed by atoms with Crippen LogP contribution < -0.4 is 5.32 Å². The molecule has 2 aromatic heterocycles. The van der Waals surface area contributed by atoms with Crippen LogP contribution in [0.1, 0.15) is 41.3 Å². The van der Waals surface area contributed by atoms with E-state index < -0.39 is 0 Å². The zero-order chi connectivity index (χ0) is 20.1. The lowest BCUT2D eigenvalue weighted by molar-refractivity contribution is 0.0697. The summed E-state index contributed by atoms with van der Waals surface area (Å²) in [6, 6.07) is 12.2. The Labute approximate surface area is 171 Å². The van der Waals surface area contributed by atoms with Gasteiger partial charge in [-0.25, -0.2) is 9.97 Å². The molecule has 0 saturated carbocycles. The molecular formula is C23H27N5O. The van der Waals surface area contributed by atoms with Crippen molar-refractivity contribution >= 4 is 11.7 Å². The Morgan fingerprint density at radius 3 is 2.52 bits per heavy atom. The number of imidazole rings is 1. The highest BCUT2D eigenvalue weighted by Gasteiger charge is 2.21. The van der Waals surface area contributed by atoms with Crippen molar-refractivity contribution in [2.75, 3.05) is 18.4 Å². The second kappa shape index (κ2) is 8.90. The van der Waals surface area contributed by atoms with Gasteiger partial charge < -0.3 is 14.8 Å². The number of hydrogen-bond donors (Lipinski definition) is 1. The van der Waals surface area contributed by atoms with Gasteiger partial charge in [-0.3, -0.25) is 4.79 Å². The van der Waals surface area contributed by atoms with Crippen molar-refractivity contribution in [3.8, 4) is 0 Å². The standard InChI is InChI=1S/C23H27N5O/c1-18-8-11-28(12-9-18)23(29)21-6-7-22(26-15-21)25-14-19-2-4-20(5-3-19)16-27-13-10-24-17-27/h2-7,10,13,15,17-18H,8-9,11-12,14,16H2,1H3,(H,25,26). The minimum Gasteiger partial charge on any atom is -0.366 e. The zero-order valence-electron chi connectivity index (χ0n) is 16.8. The highest BCUT2D eigenvalue weighted by atomic mass is 16.2. The predicted molar refractivity (Wildman–Crippen MR) is 114 cm³/mol. The Morgan fingerprint density at radius 1 is 1.10 bits per heavy atom. The number of piperidine rings is 1. The molecule has 0 radical (unpaired) electrons. The maximum absolute atomic E-state index is 12.6. The quantitative estimate of drug-likeness (QED) is 0.696. The van der Waals surface area contributed by atoms with E-state index in [0.717, 1.165) is 38.3 Å². The van der Waals surface area contributed by atoms with E-state index in [0.29, 0.717) is 18.0 Å². The smallest absolute Gasteiger partial charge is 0.255 e. The highest BCUT2D eigenvalue weighted by Crippen LogP contribution is 2.18. The molecule has 0 unspecified atom stereocenters. The average molecular weight is 390 g/mol. The highest BCUT2D eigenvalue weighted by molar-refractivity contribution is 5.94. The number of carbonyl (C=O) groups is 1. The first-order valence-electron chi connectivity index (χ1n) is 10.2. The third-order valence-electron chi connectivity index (χ3n) is 5.50. The summed E-state index contributed by atoms with van der Waals surface area (Å²) in [5.74, 6) is 1.57. The molecule has 1 saturated heterocycles. The van der Waals surface area contributed by atoms with Gasteiger partial charge in [-0.05, 0) is 42.0 Å². The normalized spacial score (nSPS) is 14.7. The van der Waals surface area contributed by atoms with E-state index in [1.165, 1.54) is 11.1 Å². The minimum atomic E-state index is 0.0874. The molecule has 6 heteroatoms. The van der Waals surface area contributed by atoms with Crippen LogP contribution in [0.5, 0.6) is 0 Å². The fourth-order valence-corrected chi connectivity index (χ4v) is 3.57. The van der Waals surface area contributed by atoms with Gasteiger partial charge in [-0.2, -0.15) is 0 Å². The van der Waals surface area contributed by atoms with Crippen molar-refractivity contribution in [2.24, 2.45) is 5.92 Å². The van der Waals surface area contributed by atoms with Crippen LogP contribution in [0.3, 0.4) is 0 Å². The zero-order valence-corrected chi connectivity index (χ0v) is 16.8. The second-order valence-corrected chi connectivity index (χ2v) is 7.81. The van der Waals surface area contributed by atoms with Gasteiger partial charge in [0.2, 0.25) is 0 Å². The maximum Gasteiger partial charge on any atom is 0.255 e. The number of carbonyl (C=O) groups excluding carboxylic acids is 1. The van der Waals surface area contributed by atoms with Gasteiger partial charge in [0, 0.05) is 44.8 Å². The van der Waals surface area contributed by atoms with Crippen molar-refractivity contribution < 1.29 is 4.79 Å². The molecule has 1 N–H and O–H groups in total. The number of anilines is 1. The first-order valence-corrected chi connectivity index (χ1v) is 10.2. The first-order chi connectivity index (χ1) is 14.2. The molecule has 29 heavy (non-hydrogen) atoms. The Bertz CT molecular complexity index is 911. The fourth-order valence-electron chi connectivity index (χ4n) is 3.57. The summed E-state index contributed by atoms with van der Waals surface area (Å²) in [6.45, 7) is 5.45. The van der Waals surface area contributed by atoms with Crippen LogP contribution in [0.15, 0.2) is 61.3 Å². The van der Waals surface area contributed by atoms with Crippen LogP contribution >= 0.6 is 0 Å². The van der Waals surface area contributed by atoms with Crippen molar-refractivity contribution in [3.05, 3.63) is 78.0 Å². The number of benzene rings is 1. The lowest BCUT2D eigenvalue weighted by atomic mass is 9.99. The molecule has 0 aliphatic carbocycles. The van der Waals surface area contributed by atoms with E-state index in [9.17, 15) is 4.79 Å². The summed E-state index contributed by atoms with van der Waals surface area (Å²) >= 11 is 0. The van der Waals surface area contributed by atoms with Crippen LogP contribution in [-0.2, 0) is 13.1 Å². The molecular weight excluding hydrogens is 362 g/mol. The van der Waals surface area contributed by atoms with Gasteiger partial charge in [0.1, 0.15) is 5.82 Å². The third kappa shape index (κ3) is 5.02. The van der Waals surface area contributed by atoms with Crippen molar-refractivity contribution in [2.45, 2.75) is 32.9 Å². The summed E-state index contributed by atoms with van der Waals surface area (Å²) in [6.07, 6.45) is 9.41. The van der Waals surface area contributed by atoms with E-state index >= 15 is 0 Å². The summed E-state index contributed by atoms with van der Waals surface area (Å²) in [7, 11) is 0. The lowest BCUT2D eigenvalue weighted by Crippen LogP contribution is -2.37. The number of amides is 1. The van der Waals surface area contributed by atoms with Crippen LogP contribution in [0.25, 0.3) is 0 Å². The lowest BCUT2D eigenvalue weighted by Gasteiger charge is -2.30. The molecule has 1 amide bonds. The van der Waals surface area contributed by atoms with Crippen LogP contribution in [0.4, 0.5) is 5.82 Å². The SMILES string of the molecule is CC1CCN(C(=O)c2ccc(NCc3ccc(Cn4ccnc4)cc3)nc2)CC1. The van der Waals surface area contributed by atoms with E-state index in [2.05, 4.69) is 46.5 Å². The summed E-state index contributed by atoms with van der Waals surface area (Å²) in [5.41, 5.74) is 3.08. The molecule has 0 spiro atoms. The molecule has 1 aromatic carbocycles. The molecule has 1 aliphatic rings. The number of aromatic nitrogens is 3. The maximum atomic E-state index is 12.6. The van der Waals surface area contributed by atoms with E-state index in [1.54, 1.807) is 12.4 Å². The molecule has 150 valence electrons. The minimum absolute atomic E-state index is 0.0874. The topological polar surface area (TPSA) is 63.1 Å². The Kier molecular flexibility index (Phi) is 5.89. The Morgan fingerprint density at radius 2 is 1.86 bits per heavy atom. The van der Waals surface area contributed by atoms with E-state index in [4.69, 9.17) is 0 Å². The van der Waals surface area contributed by atoms with E-state index in [-0.39, 0.29) is 5.91 Å². The van der Waals surface area contributed by atoms with Crippen LogP contribution in [-0.4, -0.2) is 38.4 Å². The molecule has 3 aromatic rings. The molecule has 0 atom stereocenters. The van der Waals surface area contributed by atoms with Crippen molar-refractivity contribution in [1.29, 1.82) is 0 Å². The van der Waals surface area contributed by atoms with Crippen LogP contribution in [0.2, 0.25) is 0 Å². The van der Waals surface area contributed by atoms with Gasteiger partial charge >= 0.3 is 0 Å². The van der Waals surface area contributed by atoms with Crippen LogP contribution in [0, 0.1) is 5.92 Å². The van der Waals surface area contributed by atoms with Crippen molar-refractivity contribution in [1.82, 2.24) is 19.4 Å². The molecule has 3 heterocycles. The van der Waals surface area contributed by atoms with Gasteiger partial charge in [0.05, 0.1) is 11.9 Å². The first kappa shape index (κ1) is 19.2. The van der Waals surface area contributed by atoms with Gasteiger partial charge in [-0.15, -0.1) is 0 Å². The number of nitrogens with zero attached hydrogens (tertiary/aromatic N) is 4. The number of nitrogens with one attached hydrogen (secondary N) is 1. The largest absolute Gasteiger partial charge is 0.366 e. The summed E-state index contributed by atoms with van der Waals surface area (Å²) in [4.78, 5) is 23.0. The van der Waals surface area contributed by atoms with E-state index in [1.807, 2.05) is 34.1 Å². The number of hydrogen-bond acceptors (Lipinski definition) is 4. The number of pyridine rings is 1. The molecule has 6 nitrogen and oxygen atoms in total. The third-order valence-corrected chi connectivity index (χ3v) is 5.50. The molecule has 0 bridgehead atoms. The molecule has 1 fully saturated rings. The summed E-state index contributed by atoms with van der Waals surface area (Å²) < 4.78 is 2.05. The monoisotopic (exact) mass is 389 g/mol. The second-order valence-electron chi connectivity index (χ2n) is 7.81.